The Bertz CT molecular complexity index is 970. The molecule has 0 radical (unpaired) electrons. The van der Waals surface area contributed by atoms with Gasteiger partial charge < -0.3 is 4.57 Å². The molecule has 4 rings (SSSR count). The van der Waals surface area contributed by atoms with Gasteiger partial charge in [0, 0.05) is 30.7 Å². The monoisotopic (exact) mass is 332 g/mol. The molecule has 0 bridgehead atoms. The summed E-state index contributed by atoms with van der Waals surface area (Å²) in [4.78, 5) is 23.5. The topological polar surface area (TPSA) is 51.0 Å². The van der Waals surface area contributed by atoms with Crippen LogP contribution in [0.5, 0.6) is 0 Å². The molecule has 126 valence electrons. The molecular formula is C20H20N4O. The Hall–Kier alpha value is -2.95. The molecule has 1 amide bonds. The first kappa shape index (κ1) is 15.6. The number of carbonyl (C=O) groups is 1. The number of rotatable bonds is 2. The molecule has 3 aromatic rings. The van der Waals surface area contributed by atoms with Gasteiger partial charge in [-0.15, -0.1) is 0 Å². The van der Waals surface area contributed by atoms with E-state index in [1.165, 1.54) is 0 Å². The van der Waals surface area contributed by atoms with Gasteiger partial charge in [0.25, 0.3) is 0 Å². The molecule has 0 saturated heterocycles. The standard InChI is InChI=1S/C20H20N4O/c1-13-5-6-15(10-21-13)14-7-8-16-17(9-14)24(19(25)20(16,2)3)18-11-23(4)12-22-18/h5-12H,1-4H3. The van der Waals surface area contributed by atoms with Gasteiger partial charge in [0.05, 0.1) is 17.4 Å². The average Bonchev–Trinajstić information content (AvgIpc) is 3.08. The molecule has 1 aromatic carbocycles. The summed E-state index contributed by atoms with van der Waals surface area (Å²) in [5.41, 5.74) is 4.40. The highest BCUT2D eigenvalue weighted by atomic mass is 16.2. The fourth-order valence-corrected chi connectivity index (χ4v) is 3.31. The number of aryl methyl sites for hydroxylation is 2. The minimum absolute atomic E-state index is 0.0420. The van der Waals surface area contributed by atoms with Crippen LogP contribution in [-0.2, 0) is 17.3 Å². The number of anilines is 2. The Kier molecular flexibility index (Phi) is 3.29. The van der Waals surface area contributed by atoms with Crippen molar-refractivity contribution in [1.29, 1.82) is 0 Å². The highest BCUT2D eigenvalue weighted by molar-refractivity contribution is 6.12. The lowest BCUT2D eigenvalue weighted by Gasteiger charge is -2.18. The Morgan fingerprint density at radius 1 is 1.04 bits per heavy atom. The molecule has 0 spiro atoms. The fourth-order valence-electron chi connectivity index (χ4n) is 3.31. The molecular weight excluding hydrogens is 312 g/mol. The second-order valence-electron chi connectivity index (χ2n) is 7.08. The molecule has 5 nitrogen and oxygen atoms in total. The second kappa shape index (κ2) is 5.28. The van der Waals surface area contributed by atoms with E-state index in [1.54, 1.807) is 11.2 Å². The van der Waals surface area contributed by atoms with Crippen LogP contribution in [0.3, 0.4) is 0 Å². The molecule has 2 aromatic heterocycles. The van der Waals surface area contributed by atoms with Gasteiger partial charge in [-0.05, 0) is 44.0 Å². The van der Waals surface area contributed by atoms with Crippen molar-refractivity contribution in [3.63, 3.8) is 0 Å². The average molecular weight is 332 g/mol. The first-order valence-electron chi connectivity index (χ1n) is 8.28. The zero-order chi connectivity index (χ0) is 17.8. The molecule has 5 heteroatoms. The minimum atomic E-state index is -0.573. The van der Waals surface area contributed by atoms with Crippen LogP contribution in [0.1, 0.15) is 25.1 Å². The van der Waals surface area contributed by atoms with E-state index in [-0.39, 0.29) is 5.91 Å². The van der Waals surface area contributed by atoms with Gasteiger partial charge in [0.2, 0.25) is 5.91 Å². The normalized spacial score (nSPS) is 15.5. The number of hydrogen-bond donors (Lipinski definition) is 0. The first-order valence-corrected chi connectivity index (χ1v) is 8.28. The van der Waals surface area contributed by atoms with Crippen molar-refractivity contribution in [1.82, 2.24) is 14.5 Å². The molecule has 25 heavy (non-hydrogen) atoms. The van der Waals surface area contributed by atoms with E-state index in [0.717, 1.165) is 28.1 Å². The number of hydrogen-bond acceptors (Lipinski definition) is 3. The molecule has 1 aliphatic rings. The van der Waals surface area contributed by atoms with Crippen LogP contribution in [-0.4, -0.2) is 20.4 Å². The van der Waals surface area contributed by atoms with E-state index in [9.17, 15) is 4.79 Å². The summed E-state index contributed by atoms with van der Waals surface area (Å²) in [5, 5.41) is 0. The SMILES string of the molecule is Cc1ccc(-c2ccc3c(c2)N(c2cn(C)cn2)C(=O)C3(C)C)cn1. The number of fused-ring (bicyclic) bond motifs is 1. The second-order valence-corrected chi connectivity index (χ2v) is 7.08. The van der Waals surface area contributed by atoms with E-state index in [4.69, 9.17) is 0 Å². The molecule has 0 atom stereocenters. The van der Waals surface area contributed by atoms with Crippen LogP contribution in [0.4, 0.5) is 11.5 Å². The summed E-state index contributed by atoms with van der Waals surface area (Å²) >= 11 is 0. The van der Waals surface area contributed by atoms with Crippen molar-refractivity contribution < 1.29 is 4.79 Å². The Labute approximate surface area is 147 Å². The zero-order valence-electron chi connectivity index (χ0n) is 14.8. The van der Waals surface area contributed by atoms with E-state index < -0.39 is 5.41 Å². The van der Waals surface area contributed by atoms with Crippen LogP contribution >= 0.6 is 0 Å². The number of aromatic nitrogens is 3. The van der Waals surface area contributed by atoms with Crippen LogP contribution < -0.4 is 4.90 Å². The molecule has 0 aliphatic carbocycles. The van der Waals surface area contributed by atoms with Crippen molar-refractivity contribution in [2.45, 2.75) is 26.2 Å². The van der Waals surface area contributed by atoms with Crippen LogP contribution in [0, 0.1) is 6.92 Å². The smallest absolute Gasteiger partial charge is 0.242 e. The molecule has 0 unspecified atom stereocenters. The summed E-state index contributed by atoms with van der Waals surface area (Å²) in [7, 11) is 1.90. The lowest BCUT2D eigenvalue weighted by atomic mass is 9.85. The quantitative estimate of drug-likeness (QED) is 0.718. The summed E-state index contributed by atoms with van der Waals surface area (Å²) in [6.45, 7) is 5.89. The van der Waals surface area contributed by atoms with Gasteiger partial charge in [-0.3, -0.25) is 14.7 Å². The van der Waals surface area contributed by atoms with Crippen LogP contribution in [0.15, 0.2) is 49.1 Å². The van der Waals surface area contributed by atoms with Gasteiger partial charge in [-0.1, -0.05) is 18.2 Å². The van der Waals surface area contributed by atoms with Crippen molar-refractivity contribution in [3.8, 4) is 11.1 Å². The third-order valence-corrected chi connectivity index (χ3v) is 4.81. The molecule has 1 aliphatic heterocycles. The maximum Gasteiger partial charge on any atom is 0.242 e. The largest absolute Gasteiger partial charge is 0.338 e. The number of carbonyl (C=O) groups excluding carboxylic acids is 1. The summed E-state index contributed by atoms with van der Waals surface area (Å²) in [6.07, 6.45) is 5.44. The number of imidazole rings is 1. The van der Waals surface area contributed by atoms with Crippen molar-refractivity contribution in [2.24, 2.45) is 7.05 Å². The summed E-state index contributed by atoms with van der Waals surface area (Å²) < 4.78 is 1.85. The number of benzene rings is 1. The van der Waals surface area contributed by atoms with Crippen LogP contribution in [0.25, 0.3) is 11.1 Å². The highest BCUT2D eigenvalue weighted by Gasteiger charge is 2.45. The lowest BCUT2D eigenvalue weighted by molar-refractivity contribution is -0.121. The van der Waals surface area contributed by atoms with Gasteiger partial charge >= 0.3 is 0 Å². The van der Waals surface area contributed by atoms with Crippen molar-refractivity contribution in [3.05, 3.63) is 60.3 Å². The van der Waals surface area contributed by atoms with Crippen molar-refractivity contribution in [2.75, 3.05) is 4.90 Å². The number of pyridine rings is 1. The van der Waals surface area contributed by atoms with Gasteiger partial charge in [0.1, 0.15) is 0 Å². The Morgan fingerprint density at radius 2 is 1.80 bits per heavy atom. The third kappa shape index (κ3) is 2.35. The van der Waals surface area contributed by atoms with Crippen LogP contribution in [0.2, 0.25) is 0 Å². The Morgan fingerprint density at radius 3 is 2.44 bits per heavy atom. The first-order chi connectivity index (χ1) is 11.9. The van der Waals surface area contributed by atoms with E-state index in [0.29, 0.717) is 5.82 Å². The summed E-state index contributed by atoms with van der Waals surface area (Å²) in [6, 6.07) is 10.2. The summed E-state index contributed by atoms with van der Waals surface area (Å²) in [5.74, 6) is 0.693. The fraction of sp³-hybridized carbons (Fsp3) is 0.250. The molecule has 0 saturated carbocycles. The molecule has 0 N–H and O–H groups in total. The van der Waals surface area contributed by atoms with Gasteiger partial charge in [-0.25, -0.2) is 4.98 Å². The number of amides is 1. The number of nitrogens with zero attached hydrogens (tertiary/aromatic N) is 4. The minimum Gasteiger partial charge on any atom is -0.338 e. The predicted octanol–water partition coefficient (Wildman–Crippen LogP) is 3.75. The van der Waals surface area contributed by atoms with Gasteiger partial charge in [-0.2, -0.15) is 0 Å². The Balaban J connectivity index is 1.88. The lowest BCUT2D eigenvalue weighted by Crippen LogP contribution is -2.33. The van der Waals surface area contributed by atoms with E-state index in [1.807, 2.05) is 56.9 Å². The van der Waals surface area contributed by atoms with E-state index >= 15 is 0 Å². The van der Waals surface area contributed by atoms with Crippen molar-refractivity contribution >= 4 is 17.4 Å². The predicted molar refractivity (Wildman–Crippen MR) is 97.8 cm³/mol. The molecule has 0 fully saturated rings. The van der Waals surface area contributed by atoms with E-state index in [2.05, 4.69) is 28.2 Å². The third-order valence-electron chi connectivity index (χ3n) is 4.81. The maximum atomic E-state index is 13.1. The maximum absolute atomic E-state index is 13.1. The highest BCUT2D eigenvalue weighted by Crippen LogP contribution is 2.46. The molecule has 3 heterocycles. The zero-order valence-corrected chi connectivity index (χ0v) is 14.8. The van der Waals surface area contributed by atoms with Gasteiger partial charge in [0.15, 0.2) is 5.82 Å².